The molecule has 2 aromatic rings. The minimum Gasteiger partial charge on any atom is -0.444 e. The number of amides is 1. The number of carbonyl (C=O) groups excluding carboxylic acids is 1. The van der Waals surface area contributed by atoms with Crippen LogP contribution >= 0.6 is 0 Å². The van der Waals surface area contributed by atoms with Gasteiger partial charge in [-0.15, -0.1) is 0 Å². The molecule has 170 valence electrons. The maximum atomic E-state index is 12.5. The number of halogens is 3. The van der Waals surface area contributed by atoms with Gasteiger partial charge in [-0.25, -0.2) is 14.6 Å². The monoisotopic (exact) mass is 441 g/mol. The lowest BCUT2D eigenvalue weighted by molar-refractivity contribution is -0.137. The van der Waals surface area contributed by atoms with E-state index in [4.69, 9.17) is 9.47 Å². The molecule has 1 aromatic carbocycles. The van der Waals surface area contributed by atoms with Crippen LogP contribution in [0.4, 0.5) is 18.0 Å². The van der Waals surface area contributed by atoms with Gasteiger partial charge in [-0.05, 0) is 51.0 Å². The third-order valence-electron chi connectivity index (χ3n) is 4.14. The molecule has 0 bridgehead atoms. The van der Waals surface area contributed by atoms with Gasteiger partial charge in [0, 0.05) is 18.9 Å². The second kappa shape index (κ2) is 10.4. The fraction of sp³-hybridized carbons (Fsp3) is 0.476. The van der Waals surface area contributed by atoms with Crippen molar-refractivity contribution in [1.82, 2.24) is 14.9 Å². The molecule has 31 heavy (non-hydrogen) atoms. The number of aromatic amines is 1. The summed E-state index contributed by atoms with van der Waals surface area (Å²) in [5, 5.41) is 0. The molecule has 1 aliphatic rings. The third kappa shape index (κ3) is 8.79. The normalized spacial score (nSPS) is 16.5. The first-order valence-electron chi connectivity index (χ1n) is 9.69. The molecule has 2 heterocycles. The van der Waals surface area contributed by atoms with Crippen molar-refractivity contribution in [1.29, 1.82) is 0 Å². The van der Waals surface area contributed by atoms with Crippen molar-refractivity contribution in [3.63, 3.8) is 0 Å². The number of H-pyrrole nitrogens is 1. The number of hydrogen-bond acceptors (Lipinski definition) is 5. The largest absolute Gasteiger partial charge is 0.444 e. The fourth-order valence-electron chi connectivity index (χ4n) is 2.67. The van der Waals surface area contributed by atoms with Gasteiger partial charge in [-0.3, -0.25) is 0 Å². The van der Waals surface area contributed by atoms with Crippen molar-refractivity contribution in [2.24, 2.45) is 0 Å². The Bertz CT molecular complexity index is 875. The molecule has 7 nitrogen and oxygen atoms in total. The van der Waals surface area contributed by atoms with Crippen LogP contribution in [0.1, 0.15) is 38.3 Å². The highest BCUT2D eigenvalue weighted by Crippen LogP contribution is 2.29. The summed E-state index contributed by atoms with van der Waals surface area (Å²) in [6, 6.07) is 6.55. The minimum absolute atomic E-state index is 0.139. The average molecular weight is 441 g/mol. The number of alkyl halides is 3. The molecule has 1 saturated heterocycles. The molecule has 3 rings (SSSR count). The molecule has 0 radical (unpaired) electrons. The summed E-state index contributed by atoms with van der Waals surface area (Å²) in [5.41, 5.74) is -0.861. The van der Waals surface area contributed by atoms with Gasteiger partial charge in [0.1, 0.15) is 5.60 Å². The van der Waals surface area contributed by atoms with E-state index in [0.717, 1.165) is 12.1 Å². The molecule has 1 unspecified atom stereocenters. The van der Waals surface area contributed by atoms with Gasteiger partial charge < -0.3 is 19.4 Å². The number of ether oxygens (including phenoxy) is 2. The van der Waals surface area contributed by atoms with E-state index in [0.29, 0.717) is 25.1 Å². The second-order valence-electron chi connectivity index (χ2n) is 7.93. The zero-order chi connectivity index (χ0) is 23.1. The van der Waals surface area contributed by atoms with E-state index in [9.17, 15) is 22.8 Å². The zero-order valence-electron chi connectivity index (χ0n) is 17.6. The van der Waals surface area contributed by atoms with Crippen molar-refractivity contribution in [3.05, 3.63) is 64.3 Å². The van der Waals surface area contributed by atoms with Gasteiger partial charge in [0.2, 0.25) is 0 Å². The van der Waals surface area contributed by atoms with Gasteiger partial charge in [0.25, 0.3) is 0 Å². The quantitative estimate of drug-likeness (QED) is 0.778. The Morgan fingerprint density at radius 1 is 1.23 bits per heavy atom. The molecule has 0 spiro atoms. The number of aromatic nitrogens is 2. The molecule has 10 heteroatoms. The average Bonchev–Trinajstić information content (AvgIpc) is 3.15. The number of nitrogens with one attached hydrogen (secondary N) is 1. The van der Waals surface area contributed by atoms with E-state index in [-0.39, 0.29) is 24.5 Å². The van der Waals surface area contributed by atoms with Gasteiger partial charge in [-0.1, -0.05) is 12.1 Å². The number of hydrogen-bond donors (Lipinski definition) is 1. The summed E-state index contributed by atoms with van der Waals surface area (Å²) in [6.45, 7) is 6.60. The van der Waals surface area contributed by atoms with E-state index in [1.165, 1.54) is 24.5 Å². The number of nitrogens with zero attached hydrogens (tertiary/aromatic N) is 2. The Kier molecular flexibility index (Phi) is 8.21. The summed E-state index contributed by atoms with van der Waals surface area (Å²) in [6.07, 6.45) is -1.18. The van der Waals surface area contributed by atoms with Crippen LogP contribution in [0.5, 0.6) is 0 Å². The van der Waals surface area contributed by atoms with Crippen LogP contribution in [-0.4, -0.2) is 45.8 Å². The third-order valence-corrected chi connectivity index (χ3v) is 4.14. The SMILES string of the molecule is CC(C)(C)OC(=O)N1CCC(OCc2ccc(C(F)(F)F)cc2)C1.O=c1nccc[nH]1. The molecule has 1 atom stereocenters. The van der Waals surface area contributed by atoms with Crippen LogP contribution < -0.4 is 5.69 Å². The Hall–Kier alpha value is -2.88. The maximum absolute atomic E-state index is 12.5. The summed E-state index contributed by atoms with van der Waals surface area (Å²) in [7, 11) is 0. The van der Waals surface area contributed by atoms with Crippen molar-refractivity contribution < 1.29 is 27.4 Å². The summed E-state index contributed by atoms with van der Waals surface area (Å²) >= 11 is 0. The number of benzene rings is 1. The van der Waals surface area contributed by atoms with E-state index in [2.05, 4.69) is 9.97 Å². The second-order valence-corrected chi connectivity index (χ2v) is 7.93. The molecule has 0 aliphatic carbocycles. The standard InChI is InChI=1S/C17H22F3NO3.C4H4N2O/c1-16(2,3)24-15(22)21-9-8-14(10-21)23-11-12-4-6-13(7-5-12)17(18,19)20;7-4-5-2-1-3-6-4/h4-7,14H,8-11H2,1-3H3;1-3H,(H,5,6,7). The van der Waals surface area contributed by atoms with Gasteiger partial charge in [0.15, 0.2) is 0 Å². The molecule has 1 amide bonds. The van der Waals surface area contributed by atoms with Crippen LogP contribution in [0.15, 0.2) is 47.5 Å². The highest BCUT2D eigenvalue weighted by molar-refractivity contribution is 5.68. The molecule has 0 saturated carbocycles. The van der Waals surface area contributed by atoms with E-state index < -0.39 is 17.3 Å². The smallest absolute Gasteiger partial charge is 0.416 e. The minimum atomic E-state index is -4.33. The Morgan fingerprint density at radius 2 is 1.90 bits per heavy atom. The first-order valence-corrected chi connectivity index (χ1v) is 9.69. The number of likely N-dealkylation sites (tertiary alicyclic amines) is 1. The van der Waals surface area contributed by atoms with Crippen LogP contribution in [0, 0.1) is 0 Å². The summed E-state index contributed by atoms with van der Waals surface area (Å²) in [4.78, 5) is 29.4. The first kappa shape index (κ1) is 24.4. The highest BCUT2D eigenvalue weighted by atomic mass is 19.4. The summed E-state index contributed by atoms with van der Waals surface area (Å²) in [5.74, 6) is 0. The van der Waals surface area contributed by atoms with Gasteiger partial charge in [-0.2, -0.15) is 13.2 Å². The Balaban J connectivity index is 0.000000412. The maximum Gasteiger partial charge on any atom is 0.416 e. The lowest BCUT2D eigenvalue weighted by Gasteiger charge is -2.24. The van der Waals surface area contributed by atoms with Crippen LogP contribution in [-0.2, 0) is 22.3 Å². The molecule has 1 aromatic heterocycles. The van der Waals surface area contributed by atoms with Crippen molar-refractivity contribution in [2.75, 3.05) is 13.1 Å². The molecule has 1 N–H and O–H groups in total. The highest BCUT2D eigenvalue weighted by Gasteiger charge is 2.31. The predicted octanol–water partition coefficient (Wildman–Crippen LogP) is 4.00. The predicted molar refractivity (Wildman–Crippen MR) is 107 cm³/mol. The molecular weight excluding hydrogens is 415 g/mol. The van der Waals surface area contributed by atoms with E-state index in [1.807, 2.05) is 0 Å². The summed E-state index contributed by atoms with van der Waals surface area (Å²) < 4.78 is 48.5. The van der Waals surface area contributed by atoms with Crippen LogP contribution in [0.3, 0.4) is 0 Å². The van der Waals surface area contributed by atoms with E-state index >= 15 is 0 Å². The van der Waals surface area contributed by atoms with Gasteiger partial charge in [0.05, 0.1) is 24.8 Å². The Morgan fingerprint density at radius 3 is 2.39 bits per heavy atom. The number of rotatable bonds is 3. The molecular formula is C21H26F3N3O4. The fourth-order valence-corrected chi connectivity index (χ4v) is 2.67. The lowest BCUT2D eigenvalue weighted by atomic mass is 10.1. The number of carbonyl (C=O) groups is 1. The van der Waals surface area contributed by atoms with Crippen molar-refractivity contribution in [3.8, 4) is 0 Å². The topological polar surface area (TPSA) is 84.5 Å². The van der Waals surface area contributed by atoms with Crippen molar-refractivity contribution >= 4 is 6.09 Å². The van der Waals surface area contributed by atoms with Gasteiger partial charge >= 0.3 is 18.0 Å². The Labute approximate surface area is 178 Å². The molecule has 1 aliphatic heterocycles. The van der Waals surface area contributed by atoms with Crippen LogP contribution in [0.2, 0.25) is 0 Å². The molecule has 1 fully saturated rings. The van der Waals surface area contributed by atoms with E-state index in [1.54, 1.807) is 31.7 Å². The van der Waals surface area contributed by atoms with Crippen molar-refractivity contribution in [2.45, 2.75) is 51.7 Å². The first-order chi connectivity index (χ1) is 14.4. The zero-order valence-corrected chi connectivity index (χ0v) is 17.6. The lowest BCUT2D eigenvalue weighted by Crippen LogP contribution is -2.36. The van der Waals surface area contributed by atoms with Crippen LogP contribution in [0.25, 0.3) is 0 Å².